The van der Waals surface area contributed by atoms with Crippen molar-refractivity contribution >= 4 is 70.0 Å². The molecular weight excluding hydrogens is 633 g/mol. The molecule has 0 unspecified atom stereocenters. The molecule has 0 aromatic carbocycles. The first kappa shape index (κ1) is 49.0. The molecular formula is C38H60Mg2O8. The van der Waals surface area contributed by atoms with E-state index in [4.69, 9.17) is 0 Å². The number of rotatable bonds is 22. The molecule has 264 valence electrons. The average Bonchev–Trinajstić information content (AvgIpc) is 3.03. The van der Waals surface area contributed by atoms with E-state index < -0.39 is 23.9 Å². The number of carbonyl (C=O) groups is 4. The molecule has 2 aliphatic carbocycles. The van der Waals surface area contributed by atoms with Gasteiger partial charge in [0.15, 0.2) is 0 Å². The van der Waals surface area contributed by atoms with Crippen LogP contribution >= 0.6 is 0 Å². The minimum atomic E-state index is -1.33. The maximum atomic E-state index is 11.5. The Morgan fingerprint density at radius 2 is 0.688 bits per heavy atom. The van der Waals surface area contributed by atoms with Crippen LogP contribution in [0, 0.1) is 11.8 Å². The number of carbonyl (C=O) groups excluding carboxylic acids is 4. The van der Waals surface area contributed by atoms with Crippen LogP contribution in [0.2, 0.25) is 0 Å². The van der Waals surface area contributed by atoms with Crippen LogP contribution < -0.4 is 20.4 Å². The molecule has 0 bridgehead atoms. The Morgan fingerprint density at radius 3 is 0.938 bits per heavy atom. The van der Waals surface area contributed by atoms with Gasteiger partial charge in [-0.25, -0.2) is 0 Å². The summed E-state index contributed by atoms with van der Waals surface area (Å²) in [4.78, 5) is 45.8. The van der Waals surface area contributed by atoms with E-state index >= 15 is 0 Å². The quantitative estimate of drug-likeness (QED) is 0.0925. The number of hydrogen-bond donors (Lipinski definition) is 0. The number of aliphatic carboxylic acids is 4. The predicted molar refractivity (Wildman–Crippen MR) is 184 cm³/mol. The number of unbranched alkanes of at least 4 members (excludes halogenated alkanes) is 12. The van der Waals surface area contributed by atoms with Crippen LogP contribution in [-0.4, -0.2) is 70.0 Å². The van der Waals surface area contributed by atoms with Crippen LogP contribution in [0.15, 0.2) is 22.3 Å². The summed E-state index contributed by atoms with van der Waals surface area (Å²) in [5.41, 5.74) is -0.0257. The first-order valence-electron chi connectivity index (χ1n) is 18.5. The minimum absolute atomic E-state index is 0. The van der Waals surface area contributed by atoms with Gasteiger partial charge in [-0.05, 0) is 85.5 Å². The van der Waals surface area contributed by atoms with Crippen LogP contribution in [-0.2, 0) is 19.2 Å². The summed E-state index contributed by atoms with van der Waals surface area (Å²) in [6, 6.07) is 0. The van der Waals surface area contributed by atoms with Crippen LogP contribution in [0.25, 0.3) is 0 Å². The average molecular weight is 694 g/mol. The topological polar surface area (TPSA) is 161 Å². The van der Waals surface area contributed by atoms with Gasteiger partial charge in [0.1, 0.15) is 0 Å². The van der Waals surface area contributed by atoms with E-state index in [1.807, 2.05) is 0 Å². The fourth-order valence-electron chi connectivity index (χ4n) is 7.07. The second-order valence-electron chi connectivity index (χ2n) is 13.3. The summed E-state index contributed by atoms with van der Waals surface area (Å²) in [5.74, 6) is -5.66. The molecule has 0 aliphatic heterocycles. The predicted octanol–water partition coefficient (Wildman–Crippen LogP) is 4.25. The van der Waals surface area contributed by atoms with Gasteiger partial charge in [0.05, 0.1) is 23.9 Å². The zero-order valence-electron chi connectivity index (χ0n) is 30.2. The summed E-state index contributed by atoms with van der Waals surface area (Å²) in [6.45, 7) is 4.34. The van der Waals surface area contributed by atoms with Crippen molar-refractivity contribution in [2.24, 2.45) is 11.8 Å². The normalized spacial score (nSPS) is 16.2. The Bertz CT molecular complexity index is 901. The van der Waals surface area contributed by atoms with Crippen molar-refractivity contribution in [2.75, 3.05) is 0 Å². The molecule has 2 rings (SSSR count). The van der Waals surface area contributed by atoms with Gasteiger partial charge in [-0.15, -0.1) is 0 Å². The van der Waals surface area contributed by atoms with Crippen molar-refractivity contribution in [2.45, 2.75) is 181 Å². The molecule has 48 heavy (non-hydrogen) atoms. The Hall–Kier alpha value is -1.11. The Kier molecular flexibility index (Phi) is 31.3. The van der Waals surface area contributed by atoms with Gasteiger partial charge in [0.2, 0.25) is 0 Å². The van der Waals surface area contributed by atoms with Crippen LogP contribution in [0.3, 0.4) is 0 Å². The molecule has 0 N–H and O–H groups in total. The van der Waals surface area contributed by atoms with Gasteiger partial charge in [-0.2, -0.15) is 0 Å². The van der Waals surface area contributed by atoms with E-state index in [1.54, 1.807) is 0 Å². The second-order valence-corrected chi connectivity index (χ2v) is 13.3. The molecule has 2 aliphatic rings. The Balaban J connectivity index is 0. The molecule has 0 aromatic heterocycles. The van der Waals surface area contributed by atoms with E-state index in [9.17, 15) is 39.6 Å². The zero-order valence-corrected chi connectivity index (χ0v) is 33.0. The molecule has 8 nitrogen and oxygen atoms in total. The third-order valence-corrected chi connectivity index (χ3v) is 9.67. The SMILES string of the molecule is CCCCCCCCC/C(C(=O)[O-])=C(/C(=O)[O-])C1CCCCC1.CCCCCCCCC/C(C(=O)[O-])=C(/C(=O)[O-])C1CCCCC1.[Mg+2].[Mg+2]. The summed E-state index contributed by atoms with van der Waals surface area (Å²) in [5, 5.41) is 45.8. The molecule has 0 amide bonds. The molecule has 10 heteroatoms. The molecule has 0 atom stereocenters. The van der Waals surface area contributed by atoms with E-state index in [-0.39, 0.29) is 93.1 Å². The van der Waals surface area contributed by atoms with Crippen LogP contribution in [0.1, 0.15) is 181 Å². The third-order valence-electron chi connectivity index (χ3n) is 9.67. The standard InChI is InChI=1S/2C19H32O4.2Mg/c2*1-2-3-4-5-6-7-11-14-16(18(20)21)17(19(22)23)15-12-9-8-10-13-15;;/h2*15H,2-14H2,1H3,(H,20,21)(H,22,23);;/q;;2*+2/p-4/b2*17-16-;;. The maximum Gasteiger partial charge on any atom is 2.00 e. The van der Waals surface area contributed by atoms with E-state index in [0.29, 0.717) is 12.8 Å². The van der Waals surface area contributed by atoms with Crippen molar-refractivity contribution in [3.63, 3.8) is 0 Å². The summed E-state index contributed by atoms with van der Waals surface area (Å²) in [7, 11) is 0. The number of hydrogen-bond acceptors (Lipinski definition) is 8. The van der Waals surface area contributed by atoms with Crippen molar-refractivity contribution in [3.05, 3.63) is 22.3 Å². The third kappa shape index (κ3) is 20.5. The first-order valence-corrected chi connectivity index (χ1v) is 18.5. The molecule has 0 aromatic rings. The van der Waals surface area contributed by atoms with Crippen molar-refractivity contribution in [1.29, 1.82) is 0 Å². The van der Waals surface area contributed by atoms with Gasteiger partial charge in [0, 0.05) is 0 Å². The fraction of sp³-hybridized carbons (Fsp3) is 0.789. The summed E-state index contributed by atoms with van der Waals surface area (Å²) >= 11 is 0. The molecule has 2 saturated carbocycles. The maximum absolute atomic E-state index is 11.5. The zero-order chi connectivity index (χ0) is 34.2. The number of carboxylic acid groups (broad SMARTS) is 4. The van der Waals surface area contributed by atoms with Crippen molar-refractivity contribution in [1.82, 2.24) is 0 Å². The molecule has 2 fully saturated rings. The van der Waals surface area contributed by atoms with Crippen molar-refractivity contribution < 1.29 is 39.6 Å². The molecule has 0 spiro atoms. The molecule has 0 heterocycles. The Morgan fingerprint density at radius 1 is 0.417 bits per heavy atom. The first-order chi connectivity index (χ1) is 22.1. The van der Waals surface area contributed by atoms with Gasteiger partial charge in [-0.1, -0.05) is 129 Å². The smallest absolute Gasteiger partial charge is 0.545 e. The Labute approximate surface area is 322 Å². The van der Waals surface area contributed by atoms with Gasteiger partial charge in [0.25, 0.3) is 0 Å². The van der Waals surface area contributed by atoms with Gasteiger partial charge in [-0.3, -0.25) is 0 Å². The van der Waals surface area contributed by atoms with Gasteiger partial charge < -0.3 is 39.6 Å². The van der Waals surface area contributed by atoms with E-state index in [0.717, 1.165) is 103 Å². The molecule has 0 saturated heterocycles. The van der Waals surface area contributed by atoms with Gasteiger partial charge >= 0.3 is 46.1 Å². The summed E-state index contributed by atoms with van der Waals surface area (Å²) in [6.07, 6.45) is 24.6. The van der Waals surface area contributed by atoms with E-state index in [2.05, 4.69) is 13.8 Å². The monoisotopic (exact) mass is 692 g/mol. The minimum Gasteiger partial charge on any atom is -0.545 e. The fourth-order valence-corrected chi connectivity index (χ4v) is 7.07. The molecule has 0 radical (unpaired) electrons. The van der Waals surface area contributed by atoms with Crippen LogP contribution in [0.4, 0.5) is 0 Å². The van der Waals surface area contributed by atoms with Crippen molar-refractivity contribution in [3.8, 4) is 0 Å². The largest absolute Gasteiger partial charge is 2.00 e. The number of carboxylic acids is 4. The van der Waals surface area contributed by atoms with E-state index in [1.165, 1.54) is 38.5 Å². The second kappa shape index (κ2) is 30.7. The summed E-state index contributed by atoms with van der Waals surface area (Å²) < 4.78 is 0. The van der Waals surface area contributed by atoms with Crippen LogP contribution in [0.5, 0.6) is 0 Å².